The van der Waals surface area contributed by atoms with Gasteiger partial charge >= 0.3 is 5.97 Å². The van der Waals surface area contributed by atoms with Gasteiger partial charge in [-0.05, 0) is 6.42 Å². The molecule has 1 heterocycles. The molecule has 0 aliphatic rings. The Balaban J connectivity index is 2.36. The van der Waals surface area contributed by atoms with Crippen molar-refractivity contribution < 1.29 is 14.1 Å². The highest BCUT2D eigenvalue weighted by Gasteiger charge is 2.07. The van der Waals surface area contributed by atoms with E-state index in [1.165, 1.54) is 0 Å². The van der Waals surface area contributed by atoms with Gasteiger partial charge in [0.05, 0.1) is 13.7 Å². The van der Waals surface area contributed by atoms with Crippen molar-refractivity contribution in [2.45, 2.75) is 19.9 Å². The van der Waals surface area contributed by atoms with Crippen molar-refractivity contribution in [2.75, 3.05) is 6.61 Å². The molecule has 4 nitrogen and oxygen atoms in total. The second-order valence-corrected chi connectivity index (χ2v) is 2.97. The molecule has 0 saturated carbocycles. The van der Waals surface area contributed by atoms with E-state index in [1.54, 1.807) is 4.57 Å². The summed E-state index contributed by atoms with van der Waals surface area (Å²) < 4.78 is 8.61. The predicted molar refractivity (Wildman–Crippen MR) is 46.9 cm³/mol. The Morgan fingerprint density at radius 2 is 2.38 bits per heavy atom. The SMILES string of the molecule is CCCOC(=O)Cn1cc[n+](C)c1. The standard InChI is InChI=1S/C9H15N2O2/c1-3-6-13-9(12)7-11-5-4-10(2)8-11/h4-5,8H,3,6-7H2,1-2H3/q+1. The van der Waals surface area contributed by atoms with Crippen LogP contribution in [0.25, 0.3) is 0 Å². The molecular weight excluding hydrogens is 168 g/mol. The molecule has 0 fully saturated rings. The van der Waals surface area contributed by atoms with Crippen molar-refractivity contribution in [2.24, 2.45) is 7.05 Å². The van der Waals surface area contributed by atoms with Crippen molar-refractivity contribution in [3.63, 3.8) is 0 Å². The molecule has 0 bridgehead atoms. The summed E-state index contributed by atoms with van der Waals surface area (Å²) in [7, 11) is 1.91. The number of nitrogens with zero attached hydrogens (tertiary/aromatic N) is 2. The predicted octanol–water partition coefficient (Wildman–Crippen LogP) is 0.266. The zero-order chi connectivity index (χ0) is 9.68. The molecule has 0 amide bonds. The number of imidazole rings is 1. The van der Waals surface area contributed by atoms with E-state index >= 15 is 0 Å². The van der Waals surface area contributed by atoms with Gasteiger partial charge in [-0.15, -0.1) is 0 Å². The third-order valence-corrected chi connectivity index (χ3v) is 1.60. The van der Waals surface area contributed by atoms with Gasteiger partial charge in [0.1, 0.15) is 12.4 Å². The van der Waals surface area contributed by atoms with Crippen LogP contribution < -0.4 is 4.57 Å². The number of aryl methyl sites for hydroxylation is 1. The molecule has 0 aliphatic heterocycles. The fourth-order valence-corrected chi connectivity index (χ4v) is 1.01. The molecule has 1 rings (SSSR count). The van der Waals surface area contributed by atoms with E-state index in [-0.39, 0.29) is 5.97 Å². The van der Waals surface area contributed by atoms with Crippen LogP contribution in [0.4, 0.5) is 0 Å². The molecule has 0 unspecified atom stereocenters. The normalized spacial score (nSPS) is 10.0. The Bertz CT molecular complexity index is 281. The number of hydrogen-bond donors (Lipinski definition) is 0. The average molecular weight is 183 g/mol. The van der Waals surface area contributed by atoms with Crippen LogP contribution in [0, 0.1) is 0 Å². The molecular formula is C9H15N2O2+. The summed E-state index contributed by atoms with van der Waals surface area (Å²) in [5.74, 6) is -0.182. The number of esters is 1. The summed E-state index contributed by atoms with van der Waals surface area (Å²) in [4.78, 5) is 11.1. The lowest BCUT2D eigenvalue weighted by molar-refractivity contribution is -0.671. The summed E-state index contributed by atoms with van der Waals surface area (Å²) >= 11 is 0. The van der Waals surface area contributed by atoms with Crippen molar-refractivity contribution >= 4 is 5.97 Å². The molecule has 0 aromatic carbocycles. The Morgan fingerprint density at radius 1 is 1.62 bits per heavy atom. The monoisotopic (exact) mass is 183 g/mol. The molecule has 1 aromatic heterocycles. The highest BCUT2D eigenvalue weighted by Crippen LogP contribution is 1.88. The molecule has 0 spiro atoms. The van der Waals surface area contributed by atoms with Crippen molar-refractivity contribution in [1.29, 1.82) is 0 Å². The number of rotatable bonds is 4. The number of carbonyl (C=O) groups is 1. The van der Waals surface area contributed by atoms with Gasteiger partial charge in [0.15, 0.2) is 6.54 Å². The summed E-state index contributed by atoms with van der Waals surface area (Å²) in [6.45, 7) is 2.77. The van der Waals surface area contributed by atoms with Crippen LogP contribution in [-0.4, -0.2) is 17.1 Å². The Hall–Kier alpha value is -1.32. The fraction of sp³-hybridized carbons (Fsp3) is 0.556. The van der Waals surface area contributed by atoms with Crippen LogP contribution >= 0.6 is 0 Å². The van der Waals surface area contributed by atoms with E-state index < -0.39 is 0 Å². The van der Waals surface area contributed by atoms with Gasteiger partial charge in [-0.1, -0.05) is 6.92 Å². The van der Waals surface area contributed by atoms with Crippen molar-refractivity contribution in [3.8, 4) is 0 Å². The molecule has 13 heavy (non-hydrogen) atoms. The summed E-state index contributed by atoms with van der Waals surface area (Å²) in [6.07, 6.45) is 6.43. The molecule has 72 valence electrons. The quantitative estimate of drug-likeness (QED) is 0.496. The lowest BCUT2D eigenvalue weighted by Gasteiger charge is -1.99. The minimum atomic E-state index is -0.182. The lowest BCUT2D eigenvalue weighted by Crippen LogP contribution is -2.24. The smallest absolute Gasteiger partial charge is 0.348 e. The lowest BCUT2D eigenvalue weighted by atomic mass is 10.5. The molecule has 0 N–H and O–H groups in total. The van der Waals surface area contributed by atoms with Crippen molar-refractivity contribution in [3.05, 3.63) is 18.7 Å². The van der Waals surface area contributed by atoms with Crippen LogP contribution in [-0.2, 0) is 23.1 Å². The van der Waals surface area contributed by atoms with Gasteiger partial charge in [-0.2, -0.15) is 0 Å². The topological polar surface area (TPSA) is 35.1 Å². The fourth-order valence-electron chi connectivity index (χ4n) is 1.01. The van der Waals surface area contributed by atoms with E-state index in [9.17, 15) is 4.79 Å². The van der Waals surface area contributed by atoms with Gasteiger partial charge in [0.25, 0.3) is 0 Å². The van der Waals surface area contributed by atoms with Gasteiger partial charge < -0.3 is 4.74 Å². The molecule has 0 atom stereocenters. The second kappa shape index (κ2) is 4.64. The molecule has 0 radical (unpaired) electrons. The van der Waals surface area contributed by atoms with E-state index in [0.29, 0.717) is 13.2 Å². The first-order valence-electron chi connectivity index (χ1n) is 4.39. The zero-order valence-corrected chi connectivity index (χ0v) is 8.06. The van der Waals surface area contributed by atoms with Gasteiger partial charge in [0, 0.05) is 0 Å². The first kappa shape index (κ1) is 9.77. The Kier molecular flexibility index (Phi) is 3.49. The molecule has 4 heteroatoms. The highest BCUT2D eigenvalue weighted by molar-refractivity contribution is 5.69. The maximum Gasteiger partial charge on any atom is 0.348 e. The third-order valence-electron chi connectivity index (χ3n) is 1.60. The van der Waals surface area contributed by atoms with Crippen molar-refractivity contribution in [1.82, 2.24) is 4.57 Å². The summed E-state index contributed by atoms with van der Waals surface area (Å²) in [6, 6.07) is 0. The Morgan fingerprint density at radius 3 is 2.92 bits per heavy atom. The minimum Gasteiger partial charge on any atom is -0.463 e. The molecule has 0 aliphatic carbocycles. The maximum atomic E-state index is 11.1. The highest BCUT2D eigenvalue weighted by atomic mass is 16.5. The van der Waals surface area contributed by atoms with Gasteiger partial charge in [-0.25, -0.2) is 13.9 Å². The van der Waals surface area contributed by atoms with Crippen LogP contribution in [0.1, 0.15) is 13.3 Å². The van der Waals surface area contributed by atoms with E-state index in [2.05, 4.69) is 0 Å². The summed E-state index contributed by atoms with van der Waals surface area (Å²) in [5.41, 5.74) is 0. The number of aromatic nitrogens is 2. The van der Waals surface area contributed by atoms with E-state index in [1.807, 2.05) is 37.3 Å². The molecule has 0 saturated heterocycles. The van der Waals surface area contributed by atoms with Gasteiger partial charge in [-0.3, -0.25) is 0 Å². The minimum absolute atomic E-state index is 0.182. The van der Waals surface area contributed by atoms with Crippen LogP contribution in [0.3, 0.4) is 0 Å². The van der Waals surface area contributed by atoms with Crippen LogP contribution in [0.5, 0.6) is 0 Å². The molecule has 1 aromatic rings. The van der Waals surface area contributed by atoms with E-state index in [4.69, 9.17) is 4.74 Å². The zero-order valence-electron chi connectivity index (χ0n) is 8.06. The number of hydrogen-bond acceptors (Lipinski definition) is 2. The first-order chi connectivity index (χ1) is 6.22. The third kappa shape index (κ3) is 3.27. The first-order valence-corrected chi connectivity index (χ1v) is 4.39. The maximum absolute atomic E-state index is 11.1. The van der Waals surface area contributed by atoms with E-state index in [0.717, 1.165) is 6.42 Å². The number of carbonyl (C=O) groups excluding carboxylic acids is 1. The number of ether oxygens (including phenoxy) is 1. The average Bonchev–Trinajstić information content (AvgIpc) is 2.48. The summed E-state index contributed by atoms with van der Waals surface area (Å²) in [5, 5.41) is 0. The Labute approximate surface area is 77.7 Å². The largest absolute Gasteiger partial charge is 0.463 e. The van der Waals surface area contributed by atoms with Gasteiger partial charge in [0.2, 0.25) is 6.33 Å². The van der Waals surface area contributed by atoms with Crippen LogP contribution in [0.15, 0.2) is 18.7 Å². The van der Waals surface area contributed by atoms with Crippen LogP contribution in [0.2, 0.25) is 0 Å². The second-order valence-electron chi connectivity index (χ2n) is 2.97.